The molecule has 1 aromatic rings. The Morgan fingerprint density at radius 2 is 1.97 bits per heavy atom. The first-order chi connectivity index (χ1) is 14.0. The molecule has 3 rings (SSSR count). The van der Waals surface area contributed by atoms with Crippen molar-refractivity contribution in [3.8, 4) is 11.5 Å². The average molecular weight is 406 g/mol. The van der Waals surface area contributed by atoms with Crippen molar-refractivity contribution in [3.63, 3.8) is 0 Å². The summed E-state index contributed by atoms with van der Waals surface area (Å²) < 4.78 is 17.0. The van der Waals surface area contributed by atoms with Crippen LogP contribution in [0.15, 0.2) is 18.2 Å². The number of morpholine rings is 1. The van der Waals surface area contributed by atoms with Crippen LogP contribution in [0.3, 0.4) is 0 Å². The van der Waals surface area contributed by atoms with Crippen molar-refractivity contribution in [2.24, 2.45) is 0 Å². The van der Waals surface area contributed by atoms with Crippen molar-refractivity contribution in [2.45, 2.75) is 57.6 Å². The number of rotatable bonds is 8. The van der Waals surface area contributed by atoms with Gasteiger partial charge in [0.2, 0.25) is 0 Å². The monoisotopic (exact) mass is 405 g/mol. The van der Waals surface area contributed by atoms with E-state index in [-0.39, 0.29) is 17.7 Å². The number of urea groups is 1. The molecule has 2 aliphatic rings. The zero-order chi connectivity index (χ0) is 20.7. The highest BCUT2D eigenvalue weighted by Crippen LogP contribution is 2.34. The molecule has 1 saturated carbocycles. The molecule has 2 N–H and O–H groups in total. The van der Waals surface area contributed by atoms with Crippen molar-refractivity contribution in [3.05, 3.63) is 18.2 Å². The number of amides is 2. The van der Waals surface area contributed by atoms with Gasteiger partial charge < -0.3 is 24.8 Å². The molecule has 29 heavy (non-hydrogen) atoms. The van der Waals surface area contributed by atoms with Crippen LogP contribution >= 0.6 is 0 Å². The number of hydrogen-bond donors (Lipinski definition) is 2. The number of ether oxygens (including phenoxy) is 3. The maximum Gasteiger partial charge on any atom is 0.319 e. The fourth-order valence-corrected chi connectivity index (χ4v) is 4.04. The fraction of sp³-hybridized carbons (Fsp3) is 0.682. The first-order valence-electron chi connectivity index (χ1n) is 10.8. The first kappa shape index (κ1) is 21.7. The second-order valence-electron chi connectivity index (χ2n) is 8.15. The summed E-state index contributed by atoms with van der Waals surface area (Å²) in [4.78, 5) is 14.9. The van der Waals surface area contributed by atoms with Gasteiger partial charge in [-0.15, -0.1) is 0 Å². The summed E-state index contributed by atoms with van der Waals surface area (Å²) in [6, 6.07) is 5.30. The molecule has 1 heterocycles. The van der Waals surface area contributed by atoms with Gasteiger partial charge in [-0.3, -0.25) is 4.90 Å². The highest BCUT2D eigenvalue weighted by Gasteiger charge is 2.31. The minimum Gasteiger partial charge on any atom is -0.493 e. The predicted octanol–water partition coefficient (Wildman–Crippen LogP) is 3.64. The van der Waals surface area contributed by atoms with Crippen LogP contribution in [0.4, 0.5) is 10.5 Å². The van der Waals surface area contributed by atoms with Crippen LogP contribution in [-0.4, -0.2) is 62.5 Å². The maximum atomic E-state index is 12.5. The van der Waals surface area contributed by atoms with Crippen LogP contribution in [0.5, 0.6) is 11.5 Å². The molecule has 1 aliphatic carbocycles. The summed E-state index contributed by atoms with van der Waals surface area (Å²) in [5, 5.41) is 5.97. The molecule has 7 nitrogen and oxygen atoms in total. The summed E-state index contributed by atoms with van der Waals surface area (Å²) in [7, 11) is 1.63. The number of anilines is 1. The van der Waals surface area contributed by atoms with E-state index in [1.807, 2.05) is 18.2 Å². The summed E-state index contributed by atoms with van der Waals surface area (Å²) in [5.41, 5.74) is 0.610. The van der Waals surface area contributed by atoms with Gasteiger partial charge in [-0.2, -0.15) is 0 Å². The van der Waals surface area contributed by atoms with Gasteiger partial charge in [-0.25, -0.2) is 4.79 Å². The summed E-state index contributed by atoms with van der Waals surface area (Å²) in [6.45, 7) is 8.22. The molecule has 1 saturated heterocycles. The Morgan fingerprint density at radius 3 is 2.62 bits per heavy atom. The van der Waals surface area contributed by atoms with Crippen molar-refractivity contribution in [1.82, 2.24) is 10.2 Å². The molecular weight excluding hydrogens is 370 g/mol. The third kappa shape index (κ3) is 5.76. The third-order valence-electron chi connectivity index (χ3n) is 6.18. The van der Waals surface area contributed by atoms with Gasteiger partial charge in [0, 0.05) is 36.9 Å². The van der Waals surface area contributed by atoms with E-state index in [9.17, 15) is 4.79 Å². The van der Waals surface area contributed by atoms with E-state index in [0.29, 0.717) is 23.7 Å². The van der Waals surface area contributed by atoms with Gasteiger partial charge in [0.1, 0.15) is 0 Å². The Labute approximate surface area is 174 Å². The van der Waals surface area contributed by atoms with E-state index in [1.165, 1.54) is 12.8 Å². The SMILES string of the molecule is CC[C@](C)(CNC(=O)Nc1ccc(OC)c(OC2CCCC2)c1)N1CCOCC1. The minimum atomic E-state index is -0.213. The highest BCUT2D eigenvalue weighted by molar-refractivity contribution is 5.89. The lowest BCUT2D eigenvalue weighted by Gasteiger charge is -2.43. The Bertz CT molecular complexity index is 672. The predicted molar refractivity (Wildman–Crippen MR) is 114 cm³/mol. The van der Waals surface area contributed by atoms with Crippen LogP contribution in [0.1, 0.15) is 46.0 Å². The van der Waals surface area contributed by atoms with Gasteiger partial charge >= 0.3 is 6.03 Å². The molecular formula is C22H35N3O4. The molecule has 0 bridgehead atoms. The van der Waals surface area contributed by atoms with Crippen molar-refractivity contribution in [1.29, 1.82) is 0 Å². The van der Waals surface area contributed by atoms with Crippen LogP contribution < -0.4 is 20.1 Å². The molecule has 0 unspecified atom stereocenters. The highest BCUT2D eigenvalue weighted by atomic mass is 16.5. The topological polar surface area (TPSA) is 72.1 Å². The smallest absolute Gasteiger partial charge is 0.319 e. The molecule has 2 fully saturated rings. The van der Waals surface area contributed by atoms with Crippen molar-refractivity contribution >= 4 is 11.7 Å². The lowest BCUT2D eigenvalue weighted by atomic mass is 9.95. The van der Waals surface area contributed by atoms with E-state index in [0.717, 1.165) is 45.6 Å². The van der Waals surface area contributed by atoms with Gasteiger partial charge in [0.15, 0.2) is 11.5 Å². The zero-order valence-corrected chi connectivity index (χ0v) is 18.0. The number of nitrogens with one attached hydrogen (secondary N) is 2. The average Bonchev–Trinajstić information content (AvgIpc) is 3.26. The number of nitrogens with zero attached hydrogens (tertiary/aromatic N) is 1. The molecule has 0 radical (unpaired) electrons. The number of benzene rings is 1. The summed E-state index contributed by atoms with van der Waals surface area (Å²) in [6.07, 6.45) is 5.72. The number of carbonyl (C=O) groups is 1. The first-order valence-corrected chi connectivity index (χ1v) is 10.8. The zero-order valence-electron chi connectivity index (χ0n) is 18.0. The van der Waals surface area contributed by atoms with Crippen molar-refractivity contribution < 1.29 is 19.0 Å². The number of hydrogen-bond acceptors (Lipinski definition) is 5. The minimum absolute atomic E-state index is 0.0855. The standard InChI is InChI=1S/C22H35N3O4/c1-4-22(2,25-11-13-28-14-12-25)16-23-21(26)24-17-9-10-19(27-3)20(15-17)29-18-7-5-6-8-18/h9-10,15,18H,4-8,11-14,16H2,1-3H3,(H2,23,24,26)/t22-/m1/s1. The maximum absolute atomic E-state index is 12.5. The molecule has 0 aromatic heterocycles. The summed E-state index contributed by atoms with van der Waals surface area (Å²) in [5.74, 6) is 1.37. The van der Waals surface area contributed by atoms with Crippen LogP contribution in [0.25, 0.3) is 0 Å². The van der Waals surface area contributed by atoms with Crippen molar-refractivity contribution in [2.75, 3.05) is 45.3 Å². The molecule has 162 valence electrons. The Kier molecular flexibility index (Phi) is 7.61. The molecule has 1 atom stereocenters. The van der Waals surface area contributed by atoms with Gasteiger partial charge in [-0.1, -0.05) is 6.92 Å². The van der Waals surface area contributed by atoms with Crippen LogP contribution in [0.2, 0.25) is 0 Å². The molecule has 7 heteroatoms. The third-order valence-corrected chi connectivity index (χ3v) is 6.18. The van der Waals surface area contributed by atoms with Gasteiger partial charge in [0.25, 0.3) is 0 Å². The second-order valence-corrected chi connectivity index (χ2v) is 8.15. The van der Waals surface area contributed by atoms with E-state index in [4.69, 9.17) is 14.2 Å². The quantitative estimate of drug-likeness (QED) is 0.691. The van der Waals surface area contributed by atoms with Gasteiger partial charge in [0.05, 0.1) is 26.4 Å². The fourth-order valence-electron chi connectivity index (χ4n) is 4.04. The van der Waals surface area contributed by atoms with E-state index in [1.54, 1.807) is 7.11 Å². The Hall–Kier alpha value is -1.99. The largest absolute Gasteiger partial charge is 0.493 e. The van der Waals surface area contributed by atoms with Crippen LogP contribution in [-0.2, 0) is 4.74 Å². The molecule has 2 amide bonds. The summed E-state index contributed by atoms with van der Waals surface area (Å²) >= 11 is 0. The van der Waals surface area contributed by atoms with Crippen LogP contribution in [0, 0.1) is 0 Å². The lowest BCUT2D eigenvalue weighted by Crippen LogP contribution is -2.57. The Morgan fingerprint density at radius 1 is 1.24 bits per heavy atom. The lowest BCUT2D eigenvalue weighted by molar-refractivity contribution is -0.0163. The van der Waals surface area contributed by atoms with Gasteiger partial charge in [-0.05, 0) is 51.2 Å². The van der Waals surface area contributed by atoms with E-state index >= 15 is 0 Å². The molecule has 1 aliphatic heterocycles. The van der Waals surface area contributed by atoms with E-state index in [2.05, 4.69) is 29.4 Å². The number of carbonyl (C=O) groups excluding carboxylic acids is 1. The molecule has 0 spiro atoms. The normalized spacial score (nSPS) is 20.1. The van der Waals surface area contributed by atoms with E-state index < -0.39 is 0 Å². The second kappa shape index (κ2) is 10.2. The molecule has 1 aromatic carbocycles. The number of methoxy groups -OCH3 is 1. The Balaban J connectivity index is 1.57.